The van der Waals surface area contributed by atoms with Crippen LogP contribution in [0, 0.1) is 6.92 Å². The van der Waals surface area contributed by atoms with Crippen molar-refractivity contribution in [3.63, 3.8) is 0 Å². The van der Waals surface area contributed by atoms with Crippen molar-refractivity contribution in [2.24, 2.45) is 0 Å². The van der Waals surface area contributed by atoms with Crippen molar-refractivity contribution in [3.8, 4) is 0 Å². The van der Waals surface area contributed by atoms with E-state index in [1.165, 1.54) is 0 Å². The van der Waals surface area contributed by atoms with Crippen LogP contribution in [0.3, 0.4) is 0 Å². The van der Waals surface area contributed by atoms with Crippen molar-refractivity contribution in [1.29, 1.82) is 0 Å². The first-order valence-electron chi connectivity index (χ1n) is 6.16. The molecule has 18 heavy (non-hydrogen) atoms. The summed E-state index contributed by atoms with van der Waals surface area (Å²) in [6.45, 7) is 4.04. The fourth-order valence-corrected chi connectivity index (χ4v) is 4.12. The van der Waals surface area contributed by atoms with Crippen molar-refractivity contribution >= 4 is 15.5 Å². The molecule has 0 saturated carbocycles. The number of sulfone groups is 1. The molecule has 1 aliphatic heterocycles. The molecule has 100 valence electrons. The molecule has 0 aliphatic carbocycles. The third-order valence-electron chi connectivity index (χ3n) is 3.39. The number of hydrogen-bond acceptors (Lipinski definition) is 4. The monoisotopic (exact) mass is 269 g/mol. The highest BCUT2D eigenvalue weighted by atomic mass is 32.2. The van der Waals surface area contributed by atoms with E-state index in [0.717, 1.165) is 23.2 Å². The second-order valence-corrected chi connectivity index (χ2v) is 7.01. The summed E-state index contributed by atoms with van der Waals surface area (Å²) in [7, 11) is -3.11. The normalized spacial score (nSPS) is 26.2. The van der Waals surface area contributed by atoms with E-state index >= 15 is 0 Å². The van der Waals surface area contributed by atoms with Gasteiger partial charge in [-0.1, -0.05) is 25.1 Å². The van der Waals surface area contributed by atoms with E-state index in [1.54, 1.807) is 0 Å². The van der Waals surface area contributed by atoms with E-state index in [4.69, 9.17) is 0 Å². The molecule has 0 amide bonds. The first-order valence-corrected chi connectivity index (χ1v) is 7.98. The maximum absolute atomic E-state index is 11.5. The molecule has 1 fully saturated rings. The van der Waals surface area contributed by atoms with Gasteiger partial charge in [0.05, 0.1) is 23.7 Å². The highest BCUT2D eigenvalue weighted by molar-refractivity contribution is 7.91. The molecule has 0 bridgehead atoms. The number of rotatable bonds is 3. The van der Waals surface area contributed by atoms with Gasteiger partial charge in [-0.3, -0.25) is 0 Å². The van der Waals surface area contributed by atoms with Crippen LogP contribution >= 0.6 is 0 Å². The highest BCUT2D eigenvalue weighted by Gasteiger charge is 2.36. The average molecular weight is 269 g/mol. The lowest BCUT2D eigenvalue weighted by atomic mass is 10.0. The molecular weight excluding hydrogens is 250 g/mol. The van der Waals surface area contributed by atoms with Crippen molar-refractivity contribution in [2.45, 2.75) is 32.4 Å². The molecule has 5 heteroatoms. The zero-order chi connectivity index (χ0) is 13.3. The smallest absolute Gasteiger partial charge is 0.155 e. The molecule has 2 atom stereocenters. The Bertz CT molecular complexity index is 539. The Balaban J connectivity index is 2.25. The number of aliphatic hydroxyl groups is 1. The number of anilines is 1. The van der Waals surface area contributed by atoms with Gasteiger partial charge >= 0.3 is 0 Å². The summed E-state index contributed by atoms with van der Waals surface area (Å²) in [5.41, 5.74) is 3.18. The second kappa shape index (κ2) is 4.90. The average Bonchev–Trinajstić information content (AvgIpc) is 2.54. The number of aryl methyl sites for hydroxylation is 2. The van der Waals surface area contributed by atoms with Crippen molar-refractivity contribution in [2.75, 3.05) is 16.8 Å². The van der Waals surface area contributed by atoms with E-state index in [0.29, 0.717) is 0 Å². The lowest BCUT2D eigenvalue weighted by molar-refractivity contribution is 0.190. The molecule has 1 heterocycles. The zero-order valence-corrected chi connectivity index (χ0v) is 11.5. The van der Waals surface area contributed by atoms with Crippen LogP contribution in [0.15, 0.2) is 18.2 Å². The lowest BCUT2D eigenvalue weighted by Gasteiger charge is -2.20. The molecule has 0 radical (unpaired) electrons. The van der Waals surface area contributed by atoms with Gasteiger partial charge in [0, 0.05) is 5.69 Å². The highest BCUT2D eigenvalue weighted by Crippen LogP contribution is 2.25. The summed E-state index contributed by atoms with van der Waals surface area (Å²) in [5, 5.41) is 13.0. The SMILES string of the molecule is CCc1cccc(C)c1N[C@@H]1CS(=O)(=O)C[C@H]1O. The van der Waals surface area contributed by atoms with Crippen LogP contribution in [0.1, 0.15) is 18.1 Å². The van der Waals surface area contributed by atoms with E-state index in [2.05, 4.69) is 12.2 Å². The van der Waals surface area contributed by atoms with E-state index in [-0.39, 0.29) is 11.5 Å². The van der Waals surface area contributed by atoms with Crippen LogP contribution < -0.4 is 5.32 Å². The van der Waals surface area contributed by atoms with Gasteiger partial charge in [-0.2, -0.15) is 0 Å². The van der Waals surface area contributed by atoms with Gasteiger partial charge in [0.15, 0.2) is 9.84 Å². The molecule has 0 aromatic heterocycles. The Morgan fingerprint density at radius 2 is 2.11 bits per heavy atom. The number of hydrogen-bond donors (Lipinski definition) is 2. The minimum atomic E-state index is -3.11. The van der Waals surface area contributed by atoms with Gasteiger partial charge in [-0.05, 0) is 24.5 Å². The number of nitrogens with one attached hydrogen (secondary N) is 1. The third kappa shape index (κ3) is 2.67. The second-order valence-electron chi connectivity index (χ2n) is 4.86. The van der Waals surface area contributed by atoms with Crippen LogP contribution in [0.4, 0.5) is 5.69 Å². The number of para-hydroxylation sites is 1. The molecule has 1 saturated heterocycles. The largest absolute Gasteiger partial charge is 0.390 e. The van der Waals surface area contributed by atoms with Crippen molar-refractivity contribution in [1.82, 2.24) is 0 Å². The summed E-state index contributed by atoms with van der Waals surface area (Å²) >= 11 is 0. The molecule has 4 nitrogen and oxygen atoms in total. The van der Waals surface area contributed by atoms with Gasteiger partial charge in [0.1, 0.15) is 0 Å². The molecule has 1 aromatic carbocycles. The van der Waals surface area contributed by atoms with Gasteiger partial charge in [-0.25, -0.2) is 8.42 Å². The van der Waals surface area contributed by atoms with E-state index < -0.39 is 22.0 Å². The zero-order valence-electron chi connectivity index (χ0n) is 10.7. The fourth-order valence-electron chi connectivity index (χ4n) is 2.38. The molecule has 0 spiro atoms. The molecule has 1 aliphatic rings. The van der Waals surface area contributed by atoms with Crippen molar-refractivity contribution in [3.05, 3.63) is 29.3 Å². The Hall–Kier alpha value is -1.07. The maximum atomic E-state index is 11.5. The summed E-state index contributed by atoms with van der Waals surface area (Å²) in [6.07, 6.45) is 0.0545. The van der Waals surface area contributed by atoms with Crippen LogP contribution in [-0.2, 0) is 16.3 Å². The third-order valence-corrected chi connectivity index (χ3v) is 5.11. The van der Waals surface area contributed by atoms with Crippen molar-refractivity contribution < 1.29 is 13.5 Å². The Morgan fingerprint density at radius 3 is 2.67 bits per heavy atom. The van der Waals surface area contributed by atoms with Gasteiger partial charge in [0.2, 0.25) is 0 Å². The predicted molar refractivity (Wildman–Crippen MR) is 72.6 cm³/mol. The Morgan fingerprint density at radius 1 is 1.39 bits per heavy atom. The van der Waals surface area contributed by atoms with Crippen LogP contribution in [-0.4, -0.2) is 37.2 Å². The minimum Gasteiger partial charge on any atom is -0.390 e. The quantitative estimate of drug-likeness (QED) is 0.863. The molecule has 2 N–H and O–H groups in total. The van der Waals surface area contributed by atoms with Gasteiger partial charge < -0.3 is 10.4 Å². The topological polar surface area (TPSA) is 66.4 Å². The van der Waals surface area contributed by atoms with Crippen LogP contribution in [0.5, 0.6) is 0 Å². The van der Waals surface area contributed by atoms with Crippen LogP contribution in [0.2, 0.25) is 0 Å². The summed E-state index contributed by atoms with van der Waals surface area (Å²) < 4.78 is 23.0. The molecule has 0 unspecified atom stereocenters. The lowest BCUT2D eigenvalue weighted by Crippen LogP contribution is -2.32. The molecule has 1 aromatic rings. The Kier molecular flexibility index (Phi) is 3.64. The maximum Gasteiger partial charge on any atom is 0.155 e. The number of aliphatic hydroxyl groups excluding tert-OH is 1. The fraction of sp³-hybridized carbons (Fsp3) is 0.538. The summed E-state index contributed by atoms with van der Waals surface area (Å²) in [4.78, 5) is 0. The summed E-state index contributed by atoms with van der Waals surface area (Å²) in [6, 6.07) is 5.59. The minimum absolute atomic E-state index is 0.00561. The summed E-state index contributed by atoms with van der Waals surface area (Å²) in [5.74, 6) is -0.135. The predicted octanol–water partition coefficient (Wildman–Crippen LogP) is 1.13. The number of benzene rings is 1. The first-order chi connectivity index (χ1) is 8.43. The van der Waals surface area contributed by atoms with Gasteiger partial charge in [-0.15, -0.1) is 0 Å². The van der Waals surface area contributed by atoms with Gasteiger partial charge in [0.25, 0.3) is 0 Å². The molecular formula is C13H19NO3S. The Labute approximate surface area is 108 Å². The first kappa shape index (κ1) is 13.4. The van der Waals surface area contributed by atoms with Crippen LogP contribution in [0.25, 0.3) is 0 Å². The van der Waals surface area contributed by atoms with E-state index in [1.807, 2.05) is 25.1 Å². The molecule has 2 rings (SSSR count). The van der Waals surface area contributed by atoms with E-state index in [9.17, 15) is 13.5 Å². The standard InChI is InChI=1S/C13H19NO3S/c1-3-10-6-4-5-9(2)13(10)14-11-7-18(16,17)8-12(11)15/h4-6,11-12,14-15H,3,7-8H2,1-2H3/t11-,12-/m1/s1.